The molecule has 0 spiro atoms. The van der Waals surface area contributed by atoms with Gasteiger partial charge < -0.3 is 15.2 Å². The lowest BCUT2D eigenvalue weighted by Crippen LogP contribution is -2.19. The van der Waals surface area contributed by atoms with Gasteiger partial charge in [-0.05, 0) is 47.7 Å². The maximum atomic E-state index is 12.1. The Morgan fingerprint density at radius 1 is 1.24 bits per heavy atom. The molecule has 0 radical (unpaired) electrons. The van der Waals surface area contributed by atoms with E-state index in [-0.39, 0.29) is 11.5 Å². The summed E-state index contributed by atoms with van der Waals surface area (Å²) in [6.07, 6.45) is 1.73. The number of carboxylic acid groups (broad SMARTS) is 1. The number of nitrogens with one attached hydrogen (secondary N) is 1. The van der Waals surface area contributed by atoms with Gasteiger partial charge in [-0.25, -0.2) is 9.79 Å². The van der Waals surface area contributed by atoms with Gasteiger partial charge in [0, 0.05) is 0 Å². The zero-order valence-electron chi connectivity index (χ0n) is 13.2. The molecule has 0 aliphatic carbocycles. The first-order valence-electron chi connectivity index (χ1n) is 7.33. The van der Waals surface area contributed by atoms with E-state index in [1.807, 2.05) is 24.3 Å². The van der Waals surface area contributed by atoms with Crippen LogP contribution in [0.4, 0.5) is 5.69 Å². The molecule has 0 atom stereocenters. The van der Waals surface area contributed by atoms with Crippen LogP contribution in [0, 0.1) is 0 Å². The predicted octanol–water partition coefficient (Wildman–Crippen LogP) is 3.29. The molecule has 0 saturated carbocycles. The monoisotopic (exact) mass is 354 g/mol. The van der Waals surface area contributed by atoms with Gasteiger partial charge in [-0.1, -0.05) is 24.3 Å². The molecular weight excluding hydrogens is 340 g/mol. The number of aliphatic imine (C=N–C) groups is 1. The van der Waals surface area contributed by atoms with Crippen LogP contribution in [0.15, 0.2) is 58.4 Å². The smallest absolute Gasteiger partial charge is 0.337 e. The molecule has 0 bridgehead atoms. The van der Waals surface area contributed by atoms with E-state index in [1.165, 1.54) is 6.07 Å². The third kappa shape index (κ3) is 3.89. The number of hydrogen-bond acceptors (Lipinski definition) is 5. The molecule has 25 heavy (non-hydrogen) atoms. The molecular formula is C18H14N2O4S. The van der Waals surface area contributed by atoms with Gasteiger partial charge >= 0.3 is 5.97 Å². The minimum atomic E-state index is -1.07. The molecule has 1 fully saturated rings. The van der Waals surface area contributed by atoms with Gasteiger partial charge in [0.05, 0.1) is 23.3 Å². The van der Waals surface area contributed by atoms with Crippen LogP contribution in [0.3, 0.4) is 0 Å². The highest BCUT2D eigenvalue weighted by atomic mass is 32.2. The summed E-state index contributed by atoms with van der Waals surface area (Å²) in [6.45, 7) is 0. The molecule has 2 N–H and O–H groups in total. The molecule has 3 rings (SSSR count). The Labute approximate surface area is 148 Å². The molecule has 0 unspecified atom stereocenters. The normalized spacial score (nSPS) is 16.9. The van der Waals surface area contributed by atoms with Crippen molar-refractivity contribution in [1.29, 1.82) is 0 Å². The number of carbonyl (C=O) groups is 2. The van der Waals surface area contributed by atoms with Crippen molar-refractivity contribution in [3.05, 3.63) is 64.6 Å². The van der Waals surface area contributed by atoms with Crippen molar-refractivity contribution in [2.45, 2.75) is 0 Å². The number of carbonyl (C=O) groups excluding carboxylic acids is 1. The van der Waals surface area contributed by atoms with Crippen LogP contribution < -0.4 is 10.1 Å². The van der Waals surface area contributed by atoms with Crippen LogP contribution in [0.25, 0.3) is 6.08 Å². The number of methoxy groups -OCH3 is 1. The van der Waals surface area contributed by atoms with E-state index in [2.05, 4.69) is 10.3 Å². The number of ether oxygens (including phenoxy) is 1. The molecule has 1 heterocycles. The number of rotatable bonds is 4. The van der Waals surface area contributed by atoms with Crippen molar-refractivity contribution < 1.29 is 19.4 Å². The highest BCUT2D eigenvalue weighted by molar-refractivity contribution is 8.18. The Bertz CT molecular complexity index is 905. The zero-order chi connectivity index (χ0) is 17.8. The molecule has 1 saturated heterocycles. The summed E-state index contributed by atoms with van der Waals surface area (Å²) in [7, 11) is 1.58. The molecule has 1 amide bonds. The second kappa shape index (κ2) is 7.23. The number of amidine groups is 1. The minimum Gasteiger partial charge on any atom is -0.497 e. The molecule has 2 aromatic carbocycles. The van der Waals surface area contributed by atoms with Crippen LogP contribution in [0.1, 0.15) is 15.9 Å². The van der Waals surface area contributed by atoms with Gasteiger partial charge in [0.25, 0.3) is 5.91 Å². The number of benzene rings is 2. The molecule has 0 aromatic heterocycles. The standard InChI is InChI=1S/C18H14N2O4S/c1-24-12-6-4-5-11(9-12)10-15-16(21)20-18(25-15)19-14-8-3-2-7-13(14)17(22)23/h2-10H,1H3,(H,22,23)(H,19,20,21)/b15-10-. The number of nitrogens with zero attached hydrogens (tertiary/aromatic N) is 1. The Morgan fingerprint density at radius 2 is 2.04 bits per heavy atom. The van der Waals surface area contributed by atoms with Crippen LogP contribution >= 0.6 is 11.8 Å². The summed E-state index contributed by atoms with van der Waals surface area (Å²) in [4.78, 5) is 28.1. The number of para-hydroxylation sites is 1. The molecule has 2 aromatic rings. The van der Waals surface area contributed by atoms with Crippen LogP contribution in [-0.2, 0) is 4.79 Å². The van der Waals surface area contributed by atoms with E-state index in [0.717, 1.165) is 17.3 Å². The molecule has 1 aliphatic rings. The van der Waals surface area contributed by atoms with Crippen LogP contribution in [-0.4, -0.2) is 29.3 Å². The topological polar surface area (TPSA) is 88.0 Å². The van der Waals surface area contributed by atoms with Crippen LogP contribution in [0.5, 0.6) is 5.75 Å². The van der Waals surface area contributed by atoms with Gasteiger partial charge in [-0.15, -0.1) is 0 Å². The third-order valence-corrected chi connectivity index (χ3v) is 4.31. The van der Waals surface area contributed by atoms with Crippen molar-refractivity contribution in [3.8, 4) is 5.75 Å². The van der Waals surface area contributed by atoms with E-state index in [0.29, 0.717) is 21.5 Å². The Kier molecular flexibility index (Phi) is 4.85. The second-order valence-corrected chi connectivity index (χ2v) is 6.11. The Hall–Kier alpha value is -3.06. The molecule has 126 valence electrons. The summed E-state index contributed by atoms with van der Waals surface area (Å²) in [6, 6.07) is 13.7. The maximum absolute atomic E-state index is 12.1. The van der Waals surface area contributed by atoms with E-state index >= 15 is 0 Å². The summed E-state index contributed by atoms with van der Waals surface area (Å²) < 4.78 is 5.17. The zero-order valence-corrected chi connectivity index (χ0v) is 14.0. The fraction of sp³-hybridized carbons (Fsp3) is 0.0556. The summed E-state index contributed by atoms with van der Waals surface area (Å²) in [5.74, 6) is -0.650. The van der Waals surface area contributed by atoms with E-state index < -0.39 is 5.97 Å². The first kappa shape index (κ1) is 16.8. The fourth-order valence-electron chi connectivity index (χ4n) is 2.22. The Balaban J connectivity index is 1.87. The molecule has 6 nitrogen and oxygen atoms in total. The largest absolute Gasteiger partial charge is 0.497 e. The van der Waals surface area contributed by atoms with E-state index in [1.54, 1.807) is 31.4 Å². The lowest BCUT2D eigenvalue weighted by molar-refractivity contribution is -0.115. The van der Waals surface area contributed by atoms with Crippen LogP contribution in [0.2, 0.25) is 0 Å². The number of thioether (sulfide) groups is 1. The van der Waals surface area contributed by atoms with Crippen molar-refractivity contribution in [2.75, 3.05) is 7.11 Å². The Morgan fingerprint density at radius 3 is 2.80 bits per heavy atom. The lowest BCUT2D eigenvalue weighted by Gasteiger charge is -2.01. The first-order chi connectivity index (χ1) is 12.1. The number of amides is 1. The summed E-state index contributed by atoms with van der Waals surface area (Å²) in [5.41, 5.74) is 1.19. The lowest BCUT2D eigenvalue weighted by atomic mass is 10.2. The fourth-order valence-corrected chi connectivity index (χ4v) is 3.06. The number of hydrogen-bond donors (Lipinski definition) is 2. The number of carboxylic acids is 1. The average Bonchev–Trinajstić information content (AvgIpc) is 2.94. The highest BCUT2D eigenvalue weighted by Crippen LogP contribution is 2.29. The molecule has 1 aliphatic heterocycles. The second-order valence-electron chi connectivity index (χ2n) is 5.08. The number of aromatic carboxylic acids is 1. The van der Waals surface area contributed by atoms with Crippen molar-refractivity contribution in [3.63, 3.8) is 0 Å². The van der Waals surface area contributed by atoms with E-state index in [9.17, 15) is 14.7 Å². The van der Waals surface area contributed by atoms with Crippen molar-refractivity contribution in [2.24, 2.45) is 4.99 Å². The minimum absolute atomic E-state index is 0.0788. The summed E-state index contributed by atoms with van der Waals surface area (Å²) >= 11 is 1.16. The highest BCUT2D eigenvalue weighted by Gasteiger charge is 2.24. The van der Waals surface area contributed by atoms with Gasteiger partial charge in [0.2, 0.25) is 0 Å². The van der Waals surface area contributed by atoms with Gasteiger partial charge in [0.1, 0.15) is 5.75 Å². The van der Waals surface area contributed by atoms with Crippen molar-refractivity contribution >= 4 is 40.6 Å². The van der Waals surface area contributed by atoms with Crippen molar-refractivity contribution in [1.82, 2.24) is 5.32 Å². The quantitative estimate of drug-likeness (QED) is 0.823. The third-order valence-electron chi connectivity index (χ3n) is 3.40. The maximum Gasteiger partial charge on any atom is 0.337 e. The average molecular weight is 354 g/mol. The summed E-state index contributed by atoms with van der Waals surface area (Å²) in [5, 5.41) is 12.2. The van der Waals surface area contributed by atoms with Gasteiger partial charge in [-0.2, -0.15) is 0 Å². The van der Waals surface area contributed by atoms with Gasteiger partial charge in [0.15, 0.2) is 5.17 Å². The van der Waals surface area contributed by atoms with E-state index in [4.69, 9.17) is 4.74 Å². The first-order valence-corrected chi connectivity index (χ1v) is 8.14. The molecule has 7 heteroatoms. The predicted molar refractivity (Wildman–Crippen MR) is 97.2 cm³/mol. The SMILES string of the molecule is COc1cccc(/C=C2\SC(=Nc3ccccc3C(=O)O)NC2=O)c1. The van der Waals surface area contributed by atoms with Gasteiger partial charge in [-0.3, -0.25) is 4.79 Å².